The molecule has 0 aromatic heterocycles. The van der Waals surface area contributed by atoms with E-state index in [9.17, 15) is 0 Å². The Morgan fingerprint density at radius 1 is 1.29 bits per heavy atom. The second kappa shape index (κ2) is 2.42. The molecular formula is C3H10O3Si. The van der Waals surface area contributed by atoms with Gasteiger partial charge in [0.05, 0.1) is 0 Å². The van der Waals surface area contributed by atoms with Gasteiger partial charge in [-0.05, 0) is 0 Å². The van der Waals surface area contributed by atoms with Crippen LogP contribution in [0.1, 0.15) is 13.3 Å². The predicted molar refractivity (Wildman–Crippen MR) is 27.5 cm³/mol. The van der Waals surface area contributed by atoms with Crippen molar-refractivity contribution in [2.45, 2.75) is 19.4 Å². The fourth-order valence-electron chi connectivity index (χ4n) is 0.335. The van der Waals surface area contributed by atoms with Crippen molar-refractivity contribution in [3.8, 4) is 0 Å². The van der Waals surface area contributed by atoms with Crippen LogP contribution in [0, 0.1) is 0 Å². The number of hydrogen-bond acceptors (Lipinski definition) is 3. The van der Waals surface area contributed by atoms with Crippen LogP contribution in [0.5, 0.6) is 0 Å². The Kier molecular flexibility index (Phi) is 2.45. The SMILES string of the molecule is CCC[Si](O)(O)O. The number of hydrogen-bond donors (Lipinski definition) is 3. The van der Waals surface area contributed by atoms with Crippen molar-refractivity contribution in [3.63, 3.8) is 0 Å². The van der Waals surface area contributed by atoms with Gasteiger partial charge in [-0.15, -0.1) is 0 Å². The zero-order valence-corrected chi connectivity index (χ0v) is 5.26. The van der Waals surface area contributed by atoms with Gasteiger partial charge >= 0.3 is 8.80 Å². The van der Waals surface area contributed by atoms with E-state index < -0.39 is 8.80 Å². The van der Waals surface area contributed by atoms with Gasteiger partial charge in [-0.2, -0.15) is 0 Å². The third-order valence-corrected chi connectivity index (χ3v) is 1.76. The van der Waals surface area contributed by atoms with E-state index in [0.29, 0.717) is 6.42 Å². The van der Waals surface area contributed by atoms with Gasteiger partial charge in [-0.1, -0.05) is 13.3 Å². The first-order valence-corrected chi connectivity index (χ1v) is 4.28. The van der Waals surface area contributed by atoms with Crippen molar-refractivity contribution in [2.75, 3.05) is 0 Å². The lowest BCUT2D eigenvalue weighted by Crippen LogP contribution is -2.33. The summed E-state index contributed by atoms with van der Waals surface area (Å²) in [6.45, 7) is 1.78. The topological polar surface area (TPSA) is 60.7 Å². The smallest absolute Gasteiger partial charge is 0.390 e. The average molecular weight is 122 g/mol. The van der Waals surface area contributed by atoms with Gasteiger partial charge in [-0.25, -0.2) is 0 Å². The third kappa shape index (κ3) is 6.10. The maximum absolute atomic E-state index is 8.27. The maximum Gasteiger partial charge on any atom is 0.492 e. The first-order chi connectivity index (χ1) is 3.06. The molecule has 0 saturated carbocycles. The van der Waals surface area contributed by atoms with E-state index in [-0.39, 0.29) is 6.04 Å². The fourth-order valence-corrected chi connectivity index (χ4v) is 1.01. The lowest BCUT2D eigenvalue weighted by Gasteiger charge is -2.04. The molecule has 0 rings (SSSR count). The largest absolute Gasteiger partial charge is 0.492 e. The van der Waals surface area contributed by atoms with Crippen molar-refractivity contribution < 1.29 is 14.4 Å². The normalized spacial score (nSPS) is 12.0. The van der Waals surface area contributed by atoms with Crippen LogP contribution in [0.25, 0.3) is 0 Å². The van der Waals surface area contributed by atoms with E-state index in [1.807, 2.05) is 0 Å². The minimum Gasteiger partial charge on any atom is -0.390 e. The molecule has 0 aromatic rings. The van der Waals surface area contributed by atoms with Gasteiger partial charge in [-0.3, -0.25) is 0 Å². The third-order valence-electron chi connectivity index (χ3n) is 0.585. The molecule has 4 heteroatoms. The lowest BCUT2D eigenvalue weighted by atomic mass is 10.6. The lowest BCUT2D eigenvalue weighted by molar-refractivity contribution is 0.227. The summed E-state index contributed by atoms with van der Waals surface area (Å²) in [6, 6.07) is 0.146. The minimum absolute atomic E-state index is 0.146. The Balaban J connectivity index is 3.15. The maximum atomic E-state index is 8.27. The molecule has 0 bridgehead atoms. The highest BCUT2D eigenvalue weighted by molar-refractivity contribution is 6.56. The summed E-state index contributed by atoms with van der Waals surface area (Å²) in [5, 5.41) is 0. The van der Waals surface area contributed by atoms with Gasteiger partial charge in [0.1, 0.15) is 0 Å². The molecule has 3 nitrogen and oxygen atoms in total. The van der Waals surface area contributed by atoms with Crippen LogP contribution in [-0.4, -0.2) is 23.2 Å². The standard InChI is InChI=1S/C3H10O3Si/c1-2-3-7(4,5)6/h4-6H,2-3H2,1H3. The molecule has 0 saturated heterocycles. The second-order valence-electron chi connectivity index (χ2n) is 1.52. The molecule has 0 fully saturated rings. The zero-order chi connectivity index (χ0) is 5.91. The van der Waals surface area contributed by atoms with Crippen molar-refractivity contribution in [1.82, 2.24) is 0 Å². The zero-order valence-electron chi connectivity index (χ0n) is 4.26. The van der Waals surface area contributed by atoms with Crippen molar-refractivity contribution in [1.29, 1.82) is 0 Å². The highest BCUT2D eigenvalue weighted by Gasteiger charge is 2.24. The number of rotatable bonds is 2. The van der Waals surface area contributed by atoms with Crippen LogP contribution in [0.4, 0.5) is 0 Å². The van der Waals surface area contributed by atoms with E-state index in [4.69, 9.17) is 14.4 Å². The molecule has 0 spiro atoms. The first kappa shape index (κ1) is 7.10. The van der Waals surface area contributed by atoms with Gasteiger partial charge in [0.25, 0.3) is 0 Å². The summed E-state index contributed by atoms with van der Waals surface area (Å²) in [7, 11) is -3.66. The summed E-state index contributed by atoms with van der Waals surface area (Å²) in [5.41, 5.74) is 0. The first-order valence-electron chi connectivity index (χ1n) is 2.23. The van der Waals surface area contributed by atoms with Gasteiger partial charge in [0.2, 0.25) is 0 Å². The van der Waals surface area contributed by atoms with Crippen LogP contribution in [0.2, 0.25) is 6.04 Å². The van der Waals surface area contributed by atoms with Crippen molar-refractivity contribution >= 4 is 8.80 Å². The van der Waals surface area contributed by atoms with E-state index in [0.717, 1.165) is 0 Å². The molecule has 0 aliphatic rings. The summed E-state index contributed by atoms with van der Waals surface area (Å²) in [5.74, 6) is 0. The molecule has 0 amide bonds. The summed E-state index contributed by atoms with van der Waals surface area (Å²) >= 11 is 0. The fraction of sp³-hybridized carbons (Fsp3) is 1.00. The average Bonchev–Trinajstić information content (AvgIpc) is 1.30. The van der Waals surface area contributed by atoms with E-state index in [1.54, 1.807) is 6.92 Å². The van der Waals surface area contributed by atoms with Crippen LogP contribution >= 0.6 is 0 Å². The molecule has 7 heavy (non-hydrogen) atoms. The van der Waals surface area contributed by atoms with E-state index >= 15 is 0 Å². The molecule has 0 heterocycles. The van der Waals surface area contributed by atoms with Gasteiger partial charge in [0.15, 0.2) is 0 Å². The van der Waals surface area contributed by atoms with Crippen molar-refractivity contribution in [2.24, 2.45) is 0 Å². The van der Waals surface area contributed by atoms with Crippen LogP contribution in [0.3, 0.4) is 0 Å². The molecule has 0 aliphatic carbocycles. The van der Waals surface area contributed by atoms with E-state index in [1.165, 1.54) is 0 Å². The summed E-state index contributed by atoms with van der Waals surface area (Å²) < 4.78 is 0. The van der Waals surface area contributed by atoms with Gasteiger partial charge < -0.3 is 14.4 Å². The molecule has 0 unspecified atom stereocenters. The Morgan fingerprint density at radius 2 is 1.71 bits per heavy atom. The molecule has 44 valence electrons. The molecule has 0 atom stereocenters. The van der Waals surface area contributed by atoms with Crippen LogP contribution < -0.4 is 0 Å². The Labute approximate surface area is 43.6 Å². The molecule has 3 N–H and O–H groups in total. The van der Waals surface area contributed by atoms with Crippen LogP contribution in [-0.2, 0) is 0 Å². The quantitative estimate of drug-likeness (QED) is 0.425. The highest BCUT2D eigenvalue weighted by atomic mass is 28.4. The summed E-state index contributed by atoms with van der Waals surface area (Å²) in [4.78, 5) is 24.8. The minimum atomic E-state index is -3.66. The Morgan fingerprint density at radius 3 is 1.71 bits per heavy atom. The van der Waals surface area contributed by atoms with Gasteiger partial charge in [0, 0.05) is 6.04 Å². The molecular weight excluding hydrogens is 112 g/mol. The molecule has 0 radical (unpaired) electrons. The highest BCUT2D eigenvalue weighted by Crippen LogP contribution is 1.97. The Hall–Kier alpha value is 0.0969. The summed E-state index contributed by atoms with van der Waals surface area (Å²) in [6.07, 6.45) is 0.621. The predicted octanol–water partition coefficient (Wildman–Crippen LogP) is -0.688. The molecule has 0 aromatic carbocycles. The Bertz CT molecular complexity index is 48.6. The van der Waals surface area contributed by atoms with E-state index in [2.05, 4.69) is 0 Å². The second-order valence-corrected chi connectivity index (χ2v) is 3.57. The van der Waals surface area contributed by atoms with Crippen molar-refractivity contribution in [3.05, 3.63) is 0 Å². The monoisotopic (exact) mass is 122 g/mol. The molecule has 0 aliphatic heterocycles. The van der Waals surface area contributed by atoms with Crippen LogP contribution in [0.15, 0.2) is 0 Å².